The minimum Gasteiger partial charge on any atom is -0.320 e. The minimum absolute atomic E-state index is 0.0419. The number of aromatic nitrogens is 2. The smallest absolute Gasteiger partial charge is 0.279 e. The van der Waals surface area contributed by atoms with E-state index in [1.54, 1.807) is 19.2 Å². The third-order valence-corrected chi connectivity index (χ3v) is 4.28. The van der Waals surface area contributed by atoms with Crippen molar-refractivity contribution in [3.05, 3.63) is 41.0 Å². The Hall–Kier alpha value is -2.01. The molecule has 0 aliphatic carbocycles. The number of halogens is 1. The van der Waals surface area contributed by atoms with E-state index in [-0.39, 0.29) is 11.6 Å². The Balaban J connectivity index is 2.44. The second-order valence-corrected chi connectivity index (χ2v) is 6.16. The number of sulfonamides is 1. The summed E-state index contributed by atoms with van der Waals surface area (Å²) in [5, 5.41) is 4.28. The van der Waals surface area contributed by atoms with E-state index in [1.807, 2.05) is 0 Å². The van der Waals surface area contributed by atoms with Gasteiger partial charge in [0.1, 0.15) is 0 Å². The summed E-state index contributed by atoms with van der Waals surface area (Å²) in [7, 11) is -2.23. The molecule has 0 saturated heterocycles. The van der Waals surface area contributed by atoms with E-state index in [9.17, 15) is 8.42 Å². The van der Waals surface area contributed by atoms with Crippen molar-refractivity contribution in [1.29, 1.82) is 0 Å². The summed E-state index contributed by atoms with van der Waals surface area (Å²) in [6.45, 7) is 0.177. The topological polar surface area (TPSA) is 90.0 Å². The summed E-state index contributed by atoms with van der Waals surface area (Å²) in [4.78, 5) is 0. The van der Waals surface area contributed by atoms with Crippen LogP contribution in [0.5, 0.6) is 0 Å². The van der Waals surface area contributed by atoms with Crippen molar-refractivity contribution in [1.82, 2.24) is 9.78 Å². The van der Waals surface area contributed by atoms with Gasteiger partial charge < -0.3 is 5.73 Å². The molecule has 1 aromatic carbocycles. The van der Waals surface area contributed by atoms with Crippen LogP contribution in [-0.2, 0) is 17.1 Å². The molecule has 1 aromatic heterocycles. The molecule has 0 bridgehead atoms. The first-order valence-corrected chi connectivity index (χ1v) is 7.79. The molecule has 0 unspecified atom stereocenters. The van der Waals surface area contributed by atoms with Crippen LogP contribution in [0, 0.1) is 11.8 Å². The van der Waals surface area contributed by atoms with Crippen molar-refractivity contribution in [2.45, 2.75) is 5.03 Å². The lowest BCUT2D eigenvalue weighted by atomic mass is 10.2. The number of rotatable bonds is 3. The zero-order valence-electron chi connectivity index (χ0n) is 11.2. The lowest BCUT2D eigenvalue weighted by molar-refractivity contribution is 0.582. The van der Waals surface area contributed by atoms with Gasteiger partial charge in [0.25, 0.3) is 10.0 Å². The van der Waals surface area contributed by atoms with E-state index in [2.05, 4.69) is 21.7 Å². The van der Waals surface area contributed by atoms with Crippen LogP contribution in [0.4, 0.5) is 5.69 Å². The van der Waals surface area contributed by atoms with Gasteiger partial charge >= 0.3 is 0 Å². The van der Waals surface area contributed by atoms with E-state index in [4.69, 9.17) is 17.3 Å². The predicted molar refractivity (Wildman–Crippen MR) is 81.4 cm³/mol. The third-order valence-electron chi connectivity index (χ3n) is 2.60. The van der Waals surface area contributed by atoms with Gasteiger partial charge in [-0.2, -0.15) is 13.5 Å². The Bertz CT molecular complexity index is 818. The molecule has 8 heteroatoms. The summed E-state index contributed by atoms with van der Waals surface area (Å²) < 4.78 is 28.4. The highest BCUT2D eigenvalue weighted by Crippen LogP contribution is 2.23. The van der Waals surface area contributed by atoms with Crippen LogP contribution in [0.15, 0.2) is 35.5 Å². The highest BCUT2D eigenvalue weighted by Gasteiger charge is 2.19. The second kappa shape index (κ2) is 6.18. The maximum Gasteiger partial charge on any atom is 0.279 e. The first-order valence-electron chi connectivity index (χ1n) is 5.93. The van der Waals surface area contributed by atoms with Crippen LogP contribution >= 0.6 is 11.6 Å². The maximum absolute atomic E-state index is 12.3. The van der Waals surface area contributed by atoms with Gasteiger partial charge in [-0.25, -0.2) is 0 Å². The molecule has 0 fully saturated rings. The molecule has 6 nitrogen and oxygen atoms in total. The first kappa shape index (κ1) is 15.4. The lowest BCUT2D eigenvalue weighted by Crippen LogP contribution is -2.17. The fourth-order valence-corrected chi connectivity index (χ4v) is 3.05. The van der Waals surface area contributed by atoms with E-state index >= 15 is 0 Å². The highest BCUT2D eigenvalue weighted by molar-refractivity contribution is 7.92. The molecule has 2 rings (SSSR count). The van der Waals surface area contributed by atoms with Gasteiger partial charge in [-0.1, -0.05) is 23.4 Å². The Morgan fingerprint density at radius 3 is 2.81 bits per heavy atom. The van der Waals surface area contributed by atoms with E-state index in [0.29, 0.717) is 16.3 Å². The molecule has 1 heterocycles. The van der Waals surface area contributed by atoms with Crippen LogP contribution in [0.25, 0.3) is 0 Å². The molecule has 2 aromatic rings. The maximum atomic E-state index is 12.3. The number of nitrogens with two attached hydrogens (primary N) is 1. The molecular weight excluding hydrogens is 312 g/mol. The second-order valence-electron chi connectivity index (χ2n) is 4.09. The van der Waals surface area contributed by atoms with Crippen LogP contribution in [0.1, 0.15) is 5.56 Å². The van der Waals surface area contributed by atoms with Crippen LogP contribution in [0.3, 0.4) is 0 Å². The van der Waals surface area contributed by atoms with Crippen LogP contribution in [-0.4, -0.2) is 24.7 Å². The Kier molecular flexibility index (Phi) is 4.53. The Morgan fingerprint density at radius 2 is 2.19 bits per heavy atom. The van der Waals surface area contributed by atoms with Gasteiger partial charge in [0, 0.05) is 17.6 Å². The summed E-state index contributed by atoms with van der Waals surface area (Å²) >= 11 is 5.91. The van der Waals surface area contributed by atoms with Crippen LogP contribution < -0.4 is 10.5 Å². The fraction of sp³-hybridized carbons (Fsp3) is 0.154. The minimum atomic E-state index is -3.77. The average molecular weight is 325 g/mol. The Labute approximate surface area is 128 Å². The standard InChI is InChI=1S/C13H13ClN4O2S/c1-18-13(6-8-16-18)21(19,20)17-12-9-11(14)5-4-10(12)3-2-7-15/h4-6,8-9,17H,7,15H2,1H3. The van der Waals surface area contributed by atoms with Crippen molar-refractivity contribution >= 4 is 27.3 Å². The highest BCUT2D eigenvalue weighted by atomic mass is 35.5. The van der Waals surface area contributed by atoms with Gasteiger partial charge in [0.15, 0.2) is 5.03 Å². The predicted octanol–water partition coefficient (Wildman–Crippen LogP) is 1.18. The molecule has 0 aliphatic heterocycles. The number of aryl methyl sites for hydroxylation is 1. The van der Waals surface area contributed by atoms with Gasteiger partial charge in [-0.15, -0.1) is 0 Å². The molecule has 0 amide bonds. The number of hydrogen-bond donors (Lipinski definition) is 2. The molecular formula is C13H13ClN4O2S. The Morgan fingerprint density at radius 1 is 1.43 bits per heavy atom. The third kappa shape index (κ3) is 3.55. The molecule has 0 spiro atoms. The number of anilines is 1. The van der Waals surface area contributed by atoms with Crippen molar-refractivity contribution in [3.8, 4) is 11.8 Å². The van der Waals surface area contributed by atoms with Gasteiger partial charge in [0.05, 0.1) is 18.4 Å². The number of hydrogen-bond acceptors (Lipinski definition) is 4. The average Bonchev–Trinajstić information content (AvgIpc) is 2.84. The number of nitrogens with one attached hydrogen (secondary N) is 1. The fourth-order valence-electron chi connectivity index (χ4n) is 1.68. The summed E-state index contributed by atoms with van der Waals surface area (Å²) in [5.74, 6) is 5.48. The van der Waals surface area contributed by atoms with Crippen molar-refractivity contribution in [2.24, 2.45) is 12.8 Å². The SMILES string of the molecule is Cn1nccc1S(=O)(=O)Nc1cc(Cl)ccc1C#CCN. The summed E-state index contributed by atoms with van der Waals surface area (Å²) in [6.07, 6.45) is 1.40. The van der Waals surface area contributed by atoms with Crippen molar-refractivity contribution in [3.63, 3.8) is 0 Å². The number of benzene rings is 1. The summed E-state index contributed by atoms with van der Waals surface area (Å²) in [5.41, 5.74) is 6.12. The first-order chi connectivity index (χ1) is 9.94. The monoisotopic (exact) mass is 324 g/mol. The largest absolute Gasteiger partial charge is 0.320 e. The molecule has 110 valence electrons. The zero-order valence-corrected chi connectivity index (χ0v) is 12.7. The normalized spacial score (nSPS) is 10.8. The van der Waals surface area contributed by atoms with Gasteiger partial charge in [-0.3, -0.25) is 9.40 Å². The van der Waals surface area contributed by atoms with Gasteiger partial charge in [-0.05, 0) is 24.3 Å². The molecule has 3 N–H and O–H groups in total. The van der Waals surface area contributed by atoms with E-state index in [0.717, 1.165) is 0 Å². The molecule has 21 heavy (non-hydrogen) atoms. The zero-order chi connectivity index (χ0) is 15.5. The number of nitrogens with zero attached hydrogens (tertiary/aromatic N) is 2. The van der Waals surface area contributed by atoms with Crippen molar-refractivity contribution in [2.75, 3.05) is 11.3 Å². The van der Waals surface area contributed by atoms with E-state index in [1.165, 1.54) is 23.0 Å². The lowest BCUT2D eigenvalue weighted by Gasteiger charge is -2.10. The summed E-state index contributed by atoms with van der Waals surface area (Å²) in [6, 6.07) is 6.16. The molecule has 0 saturated carbocycles. The molecule has 0 radical (unpaired) electrons. The molecule has 0 atom stereocenters. The van der Waals surface area contributed by atoms with Crippen molar-refractivity contribution < 1.29 is 8.42 Å². The van der Waals surface area contributed by atoms with Gasteiger partial charge in [0.2, 0.25) is 0 Å². The van der Waals surface area contributed by atoms with E-state index < -0.39 is 10.0 Å². The quantitative estimate of drug-likeness (QED) is 0.830. The van der Waals surface area contributed by atoms with Crippen LogP contribution in [0.2, 0.25) is 5.02 Å². The molecule has 0 aliphatic rings.